The molecule has 2 aromatic rings. The molecule has 0 saturated heterocycles. The van der Waals surface area contributed by atoms with Gasteiger partial charge in [-0.05, 0) is 30.2 Å². The maximum absolute atomic E-state index is 12.1. The van der Waals surface area contributed by atoms with Crippen molar-refractivity contribution in [3.63, 3.8) is 0 Å². The van der Waals surface area contributed by atoms with E-state index in [4.69, 9.17) is 18.9 Å². The van der Waals surface area contributed by atoms with Gasteiger partial charge in [-0.2, -0.15) is 0 Å². The van der Waals surface area contributed by atoms with Gasteiger partial charge in [-0.15, -0.1) is 0 Å². The summed E-state index contributed by atoms with van der Waals surface area (Å²) in [6, 6.07) is 11.2. The molecule has 0 saturated carbocycles. The van der Waals surface area contributed by atoms with Gasteiger partial charge in [-0.3, -0.25) is 4.79 Å². The lowest BCUT2D eigenvalue weighted by atomic mass is 10.1. The van der Waals surface area contributed by atoms with Crippen LogP contribution < -0.4 is 24.3 Å². The molecule has 0 heterocycles. The molecule has 0 spiro atoms. The Morgan fingerprint density at radius 2 is 1.65 bits per heavy atom. The Bertz CT molecular complexity index is 745. The number of methoxy groups -OCH3 is 3. The van der Waals surface area contributed by atoms with E-state index in [0.717, 1.165) is 17.5 Å². The molecule has 2 rings (SSSR count). The summed E-state index contributed by atoms with van der Waals surface area (Å²) in [6.07, 6.45) is 0.919. The lowest BCUT2D eigenvalue weighted by Crippen LogP contribution is -2.28. The van der Waals surface area contributed by atoms with Crippen LogP contribution >= 0.6 is 0 Å². The van der Waals surface area contributed by atoms with E-state index in [1.807, 2.05) is 24.3 Å². The predicted octanol–water partition coefficient (Wildman–Crippen LogP) is 2.97. The zero-order valence-corrected chi connectivity index (χ0v) is 15.6. The summed E-state index contributed by atoms with van der Waals surface area (Å²) in [5.41, 5.74) is 1.95. The van der Waals surface area contributed by atoms with Crippen molar-refractivity contribution < 1.29 is 23.7 Å². The second-order valence-electron chi connectivity index (χ2n) is 5.59. The van der Waals surface area contributed by atoms with Gasteiger partial charge in [-0.1, -0.05) is 19.1 Å². The average molecular weight is 359 g/mol. The van der Waals surface area contributed by atoms with Gasteiger partial charge >= 0.3 is 0 Å². The number of nitrogens with one attached hydrogen (secondary N) is 1. The van der Waals surface area contributed by atoms with Crippen LogP contribution in [0, 0.1) is 0 Å². The van der Waals surface area contributed by atoms with Crippen LogP contribution in [0.5, 0.6) is 23.0 Å². The molecule has 6 nitrogen and oxygen atoms in total. The second-order valence-corrected chi connectivity index (χ2v) is 5.59. The normalized spacial score (nSPS) is 10.2. The number of carbonyl (C=O) groups excluding carboxylic acids is 1. The summed E-state index contributed by atoms with van der Waals surface area (Å²) in [7, 11) is 4.69. The second kappa shape index (κ2) is 9.56. The molecular weight excluding hydrogens is 334 g/mol. The number of amides is 1. The van der Waals surface area contributed by atoms with Crippen molar-refractivity contribution in [1.82, 2.24) is 5.32 Å². The number of hydrogen-bond acceptors (Lipinski definition) is 5. The number of aryl methyl sites for hydroxylation is 1. The highest BCUT2D eigenvalue weighted by atomic mass is 16.5. The van der Waals surface area contributed by atoms with E-state index in [9.17, 15) is 4.79 Å². The fourth-order valence-electron chi connectivity index (χ4n) is 2.48. The number of benzene rings is 2. The van der Waals surface area contributed by atoms with Crippen LogP contribution in [0.15, 0.2) is 36.4 Å². The molecule has 0 fully saturated rings. The quantitative estimate of drug-likeness (QED) is 0.746. The highest BCUT2D eigenvalue weighted by Crippen LogP contribution is 2.34. The van der Waals surface area contributed by atoms with Crippen LogP contribution in [0.1, 0.15) is 18.1 Å². The van der Waals surface area contributed by atoms with Crippen LogP contribution in [0.3, 0.4) is 0 Å². The summed E-state index contributed by atoms with van der Waals surface area (Å²) < 4.78 is 21.5. The summed E-state index contributed by atoms with van der Waals surface area (Å²) >= 11 is 0. The Labute approximate surface area is 154 Å². The highest BCUT2D eigenvalue weighted by molar-refractivity contribution is 5.77. The zero-order chi connectivity index (χ0) is 18.9. The summed E-state index contributed by atoms with van der Waals surface area (Å²) in [6.45, 7) is 2.31. The van der Waals surface area contributed by atoms with Crippen molar-refractivity contribution >= 4 is 5.91 Å². The molecule has 0 aliphatic rings. The van der Waals surface area contributed by atoms with Crippen LogP contribution in [0.2, 0.25) is 0 Å². The minimum Gasteiger partial charge on any atom is -0.496 e. The minimum absolute atomic E-state index is 0.0528. The lowest BCUT2D eigenvalue weighted by molar-refractivity contribution is -0.123. The number of hydrogen-bond donors (Lipinski definition) is 1. The monoisotopic (exact) mass is 359 g/mol. The van der Waals surface area contributed by atoms with E-state index in [-0.39, 0.29) is 12.5 Å². The van der Waals surface area contributed by atoms with Crippen molar-refractivity contribution in [2.45, 2.75) is 19.9 Å². The van der Waals surface area contributed by atoms with Crippen molar-refractivity contribution in [3.8, 4) is 23.0 Å². The van der Waals surface area contributed by atoms with E-state index < -0.39 is 0 Å². The Morgan fingerprint density at radius 1 is 0.962 bits per heavy atom. The fraction of sp³-hybridized carbons (Fsp3) is 0.350. The van der Waals surface area contributed by atoms with Crippen LogP contribution in [0.25, 0.3) is 0 Å². The first-order valence-corrected chi connectivity index (χ1v) is 8.38. The highest BCUT2D eigenvalue weighted by Gasteiger charge is 2.13. The van der Waals surface area contributed by atoms with E-state index in [1.54, 1.807) is 33.5 Å². The molecule has 0 aliphatic carbocycles. The van der Waals surface area contributed by atoms with E-state index in [0.29, 0.717) is 29.5 Å². The van der Waals surface area contributed by atoms with Gasteiger partial charge in [0.2, 0.25) is 0 Å². The number of carbonyl (C=O) groups is 1. The molecule has 0 aromatic heterocycles. The smallest absolute Gasteiger partial charge is 0.258 e. The average Bonchev–Trinajstić information content (AvgIpc) is 2.69. The van der Waals surface area contributed by atoms with Crippen molar-refractivity contribution in [2.24, 2.45) is 0 Å². The van der Waals surface area contributed by atoms with E-state index in [1.165, 1.54) is 0 Å². The molecule has 0 unspecified atom stereocenters. The van der Waals surface area contributed by atoms with Gasteiger partial charge in [0.15, 0.2) is 18.1 Å². The number of rotatable bonds is 9. The van der Waals surface area contributed by atoms with Crippen LogP contribution in [0.4, 0.5) is 0 Å². The molecule has 6 heteroatoms. The van der Waals surface area contributed by atoms with Gasteiger partial charge < -0.3 is 24.3 Å². The van der Waals surface area contributed by atoms with Gasteiger partial charge in [0.25, 0.3) is 5.91 Å². The Balaban J connectivity index is 1.96. The summed E-state index contributed by atoms with van der Waals surface area (Å²) in [5, 5.41) is 2.82. The van der Waals surface area contributed by atoms with E-state index in [2.05, 4.69) is 12.2 Å². The molecule has 0 aliphatic heterocycles. The molecule has 0 radical (unpaired) electrons. The SMILES string of the molecule is CCc1cccc(OCC(=O)NCc2cc(OC)c(OC)cc2OC)c1. The Morgan fingerprint density at radius 3 is 2.31 bits per heavy atom. The van der Waals surface area contributed by atoms with Crippen LogP contribution in [-0.4, -0.2) is 33.8 Å². The maximum atomic E-state index is 12.1. The lowest BCUT2D eigenvalue weighted by Gasteiger charge is -2.14. The molecular formula is C20H25NO5. The molecule has 26 heavy (non-hydrogen) atoms. The molecule has 0 atom stereocenters. The van der Waals surface area contributed by atoms with Gasteiger partial charge in [-0.25, -0.2) is 0 Å². The third-order valence-electron chi connectivity index (χ3n) is 3.94. The molecule has 140 valence electrons. The predicted molar refractivity (Wildman–Crippen MR) is 99.3 cm³/mol. The zero-order valence-electron chi connectivity index (χ0n) is 15.6. The third kappa shape index (κ3) is 5.05. The first kappa shape index (κ1) is 19.4. The largest absolute Gasteiger partial charge is 0.496 e. The standard InChI is InChI=1S/C20H25NO5/c1-5-14-7-6-8-16(9-14)26-13-20(22)21-12-15-10-18(24-3)19(25-4)11-17(15)23-2/h6-11H,5,12-13H2,1-4H3,(H,21,22). The van der Waals surface area contributed by atoms with Crippen molar-refractivity contribution in [1.29, 1.82) is 0 Å². The Kier molecular flexibility index (Phi) is 7.14. The van der Waals surface area contributed by atoms with Gasteiger partial charge in [0.1, 0.15) is 11.5 Å². The van der Waals surface area contributed by atoms with Crippen molar-refractivity contribution in [2.75, 3.05) is 27.9 Å². The Hall–Kier alpha value is -2.89. The topological polar surface area (TPSA) is 66.0 Å². The first-order valence-electron chi connectivity index (χ1n) is 8.38. The minimum atomic E-state index is -0.219. The van der Waals surface area contributed by atoms with Gasteiger partial charge in [0.05, 0.1) is 21.3 Å². The molecule has 1 amide bonds. The summed E-state index contributed by atoms with van der Waals surface area (Å²) in [4.78, 5) is 12.1. The van der Waals surface area contributed by atoms with Crippen LogP contribution in [-0.2, 0) is 17.8 Å². The molecule has 0 bridgehead atoms. The fourth-order valence-corrected chi connectivity index (χ4v) is 2.48. The van der Waals surface area contributed by atoms with E-state index >= 15 is 0 Å². The number of ether oxygens (including phenoxy) is 4. The van der Waals surface area contributed by atoms with Crippen molar-refractivity contribution in [3.05, 3.63) is 47.5 Å². The third-order valence-corrected chi connectivity index (χ3v) is 3.94. The maximum Gasteiger partial charge on any atom is 0.258 e. The molecule has 2 aromatic carbocycles. The summed E-state index contributed by atoms with van der Waals surface area (Å²) in [5.74, 6) is 2.22. The first-order chi connectivity index (χ1) is 12.6. The van der Waals surface area contributed by atoms with Gasteiger partial charge in [0, 0.05) is 18.2 Å². The molecule has 1 N–H and O–H groups in total.